The van der Waals surface area contributed by atoms with Gasteiger partial charge in [0.25, 0.3) is 0 Å². The first kappa shape index (κ1) is 37.3. The first-order valence-corrected chi connectivity index (χ1v) is 23.7. The highest BCUT2D eigenvalue weighted by molar-refractivity contribution is 7.36. The highest BCUT2D eigenvalue weighted by atomic mass is 32.1. The Labute approximate surface area is 356 Å². The zero-order chi connectivity index (χ0) is 40.1. The van der Waals surface area contributed by atoms with Crippen LogP contribution in [-0.2, 0) is 25.9 Å². The summed E-state index contributed by atoms with van der Waals surface area (Å²) in [5.74, 6) is 3.94. The van der Waals surface area contributed by atoms with Crippen molar-refractivity contribution in [2.24, 2.45) is 11.8 Å². The third kappa shape index (κ3) is 5.97. The summed E-state index contributed by atoms with van der Waals surface area (Å²) in [5, 5.41) is 5.41. The maximum atomic E-state index is 6.33. The average molecular weight is 837 g/mol. The van der Waals surface area contributed by atoms with E-state index in [4.69, 9.17) is 28.6 Å². The van der Waals surface area contributed by atoms with Gasteiger partial charge in [-0.05, 0) is 85.0 Å². The van der Waals surface area contributed by atoms with Crippen LogP contribution in [0, 0.1) is 11.8 Å². The van der Waals surface area contributed by atoms with Crippen LogP contribution >= 0.6 is 34.0 Å². The van der Waals surface area contributed by atoms with Crippen molar-refractivity contribution < 1.29 is 18.6 Å². The normalized spacial score (nSPS) is 13.9. The first-order chi connectivity index (χ1) is 28.8. The molecule has 298 valence electrons. The van der Waals surface area contributed by atoms with E-state index in [1.807, 2.05) is 59.9 Å². The Morgan fingerprint density at radius 2 is 1.05 bits per heavy atom. The van der Waals surface area contributed by atoms with E-state index in [1.165, 1.54) is 63.3 Å². The Morgan fingerprint density at radius 1 is 0.576 bits per heavy atom. The number of benzene rings is 4. The van der Waals surface area contributed by atoms with Crippen LogP contribution in [0.2, 0.25) is 0 Å². The molecule has 0 bridgehead atoms. The highest BCUT2D eigenvalue weighted by Crippen LogP contribution is 2.49. The Hall–Kier alpha value is -4.71. The van der Waals surface area contributed by atoms with Crippen molar-refractivity contribution in [2.75, 3.05) is 0 Å². The highest BCUT2D eigenvalue weighted by Gasteiger charge is 2.40. The monoisotopic (exact) mass is 836 g/mol. The minimum absolute atomic E-state index is 0.421. The summed E-state index contributed by atoms with van der Waals surface area (Å²) in [7, 11) is -1.09. The van der Waals surface area contributed by atoms with Gasteiger partial charge in [0.1, 0.15) is 27.8 Å². The number of nitrogens with zero attached hydrogens (tertiary/aromatic N) is 4. The average Bonchev–Trinajstić information content (AvgIpc) is 4.08. The number of rotatable bonds is 12. The molecule has 2 aliphatic rings. The van der Waals surface area contributed by atoms with Crippen molar-refractivity contribution in [3.05, 3.63) is 71.8 Å². The summed E-state index contributed by atoms with van der Waals surface area (Å²) < 4.78 is 34.2. The van der Waals surface area contributed by atoms with Gasteiger partial charge in [-0.15, -0.1) is 34.0 Å². The summed E-state index contributed by atoms with van der Waals surface area (Å²) in [4.78, 5) is 13.4. The molecule has 7 heterocycles. The van der Waals surface area contributed by atoms with Crippen molar-refractivity contribution in [3.8, 4) is 23.0 Å². The maximum Gasteiger partial charge on any atom is 0.663 e. The Balaban J connectivity index is 1.19. The van der Waals surface area contributed by atoms with E-state index in [1.54, 1.807) is 22.7 Å². The van der Waals surface area contributed by atoms with Gasteiger partial charge in [-0.25, -0.2) is 9.97 Å². The van der Waals surface area contributed by atoms with Gasteiger partial charge < -0.3 is 27.8 Å². The molecule has 11 rings (SSSR count). The summed E-state index contributed by atoms with van der Waals surface area (Å²) in [6, 6.07) is 20.9. The molecule has 0 N–H and O–H groups in total. The molecule has 0 unspecified atom stereocenters. The fourth-order valence-electron chi connectivity index (χ4n) is 9.20. The number of hydrogen-bond donors (Lipinski definition) is 0. The number of para-hydroxylation sites is 4. The fourth-order valence-corrected chi connectivity index (χ4v) is 12.8. The number of fused-ring (bicyclic) bond motifs is 13. The van der Waals surface area contributed by atoms with Crippen LogP contribution in [0.15, 0.2) is 60.7 Å². The van der Waals surface area contributed by atoms with Crippen molar-refractivity contribution >= 4 is 121 Å². The van der Waals surface area contributed by atoms with Crippen LogP contribution in [-0.4, -0.2) is 33.3 Å². The SMILES string of the molecule is CCCCc1cc2c(cc(CCCC)c3c4sc5nc(B6Oc7ccccc7O6)sc5c4n(CC(C)C)c23)c2c1c1sc(B3Oc4ccccc4O3)nc1n2CC(C)C. The topological polar surface area (TPSA) is 72.6 Å². The Bertz CT molecular complexity index is 3050. The van der Waals surface area contributed by atoms with Crippen molar-refractivity contribution in [2.45, 2.75) is 93.2 Å². The number of thiophene rings is 1. The van der Waals surface area contributed by atoms with Gasteiger partial charge in [-0.1, -0.05) is 78.6 Å². The molecule has 0 fully saturated rings. The standard InChI is InChI=1S/C46H46B2N4O4S3/c1-7-9-15-27-21-30-29(37-35(27)40-39(51(37)23-25(3)4)42-44(57-40)50-46(59-42)48-55-33-19-13-14-20-34(33)56-48)22-28(16-10-8-2)36-38(30)52(24-26(5)6)43-41(36)58-45(49-43)47-53-31-17-11-12-18-32(31)54-47/h11-14,17-22,25-26H,7-10,15-16,23-24H2,1-6H3. The second-order valence-electron chi connectivity index (χ2n) is 17.0. The third-order valence-corrected chi connectivity index (χ3v) is 15.1. The van der Waals surface area contributed by atoms with Crippen LogP contribution in [0.5, 0.6) is 23.0 Å². The molecule has 0 spiro atoms. The Morgan fingerprint density at radius 3 is 1.58 bits per heavy atom. The molecule has 4 aromatic carbocycles. The molecular weight excluding hydrogens is 790 g/mol. The zero-order valence-corrected chi connectivity index (χ0v) is 36.8. The predicted molar refractivity (Wildman–Crippen MR) is 250 cm³/mol. The number of aromatic nitrogens is 4. The van der Waals surface area contributed by atoms with Crippen molar-refractivity contribution in [1.82, 2.24) is 19.1 Å². The molecule has 0 saturated heterocycles. The van der Waals surface area contributed by atoms with Gasteiger partial charge >= 0.3 is 14.2 Å². The van der Waals surface area contributed by atoms with Gasteiger partial charge in [-0.3, -0.25) is 0 Å². The molecule has 5 aromatic heterocycles. The molecule has 59 heavy (non-hydrogen) atoms. The van der Waals surface area contributed by atoms with E-state index in [9.17, 15) is 0 Å². The molecule has 2 aliphatic heterocycles. The Kier molecular flexibility index (Phi) is 9.16. The van der Waals surface area contributed by atoms with E-state index in [0.29, 0.717) is 11.8 Å². The molecule has 0 atom stereocenters. The smallest absolute Gasteiger partial charge is 0.518 e. The fraction of sp³-hybridized carbons (Fsp3) is 0.348. The molecule has 13 heteroatoms. The third-order valence-electron chi connectivity index (χ3n) is 11.7. The van der Waals surface area contributed by atoms with Crippen LogP contribution < -0.4 is 28.4 Å². The first-order valence-electron chi connectivity index (χ1n) is 21.3. The number of hydrogen-bond acceptors (Lipinski definition) is 9. The molecule has 0 aliphatic carbocycles. The zero-order valence-electron chi connectivity index (χ0n) is 34.4. The van der Waals surface area contributed by atoms with E-state index in [2.05, 4.69) is 62.8 Å². The van der Waals surface area contributed by atoms with E-state index in [0.717, 1.165) is 94.9 Å². The number of unbranched alkanes of at least 4 members (excludes halogenated alkanes) is 2. The predicted octanol–water partition coefficient (Wildman–Crippen LogP) is 11.5. The number of thiazole rings is 2. The summed E-state index contributed by atoms with van der Waals surface area (Å²) >= 11 is 5.29. The molecule has 8 nitrogen and oxygen atoms in total. The summed E-state index contributed by atoms with van der Waals surface area (Å²) in [5.41, 5.74) is 7.85. The molecular formula is C46H46B2N4O4S3. The molecule has 0 amide bonds. The lowest BCUT2D eigenvalue weighted by molar-refractivity contribution is 0.517. The van der Waals surface area contributed by atoms with E-state index < -0.39 is 14.2 Å². The van der Waals surface area contributed by atoms with E-state index >= 15 is 0 Å². The summed E-state index contributed by atoms with van der Waals surface area (Å²) in [6.45, 7) is 15.7. The van der Waals surface area contributed by atoms with Gasteiger partial charge in [-0.2, -0.15) is 0 Å². The van der Waals surface area contributed by atoms with Gasteiger partial charge in [0.15, 0.2) is 15.5 Å². The summed E-state index contributed by atoms with van der Waals surface area (Å²) in [6.07, 6.45) is 6.53. The second-order valence-corrected chi connectivity index (χ2v) is 20.1. The second kappa shape index (κ2) is 14.5. The van der Waals surface area contributed by atoms with Crippen LogP contribution in [0.4, 0.5) is 0 Å². The number of aryl methyl sites for hydroxylation is 2. The van der Waals surface area contributed by atoms with Gasteiger partial charge in [0.2, 0.25) is 0 Å². The molecule has 0 radical (unpaired) electrons. The maximum absolute atomic E-state index is 6.33. The van der Waals surface area contributed by atoms with Crippen LogP contribution in [0.1, 0.15) is 78.4 Å². The molecule has 0 saturated carbocycles. The lowest BCUT2D eigenvalue weighted by Gasteiger charge is -2.18. The lowest BCUT2D eigenvalue weighted by Crippen LogP contribution is -2.38. The minimum Gasteiger partial charge on any atom is -0.518 e. The van der Waals surface area contributed by atoms with Crippen LogP contribution in [0.3, 0.4) is 0 Å². The van der Waals surface area contributed by atoms with Crippen molar-refractivity contribution in [3.63, 3.8) is 0 Å². The minimum atomic E-state index is -0.550. The largest absolute Gasteiger partial charge is 0.663 e. The van der Waals surface area contributed by atoms with Gasteiger partial charge in [0.05, 0.1) is 30.6 Å². The lowest BCUT2D eigenvalue weighted by atomic mass is 9.93. The quantitative estimate of drug-likeness (QED) is 0.114. The van der Waals surface area contributed by atoms with E-state index in [-0.39, 0.29) is 0 Å². The van der Waals surface area contributed by atoms with Crippen LogP contribution in [0.25, 0.3) is 62.7 Å². The van der Waals surface area contributed by atoms with Crippen molar-refractivity contribution in [1.29, 1.82) is 0 Å². The molecule has 9 aromatic rings. The van der Waals surface area contributed by atoms with Gasteiger partial charge in [0, 0.05) is 34.6 Å².